The van der Waals surface area contributed by atoms with E-state index in [9.17, 15) is 0 Å². The Kier molecular flexibility index (Phi) is 7.76. The molecule has 0 saturated carbocycles. The van der Waals surface area contributed by atoms with Crippen molar-refractivity contribution in [3.05, 3.63) is 184 Å². The summed E-state index contributed by atoms with van der Waals surface area (Å²) in [6.07, 6.45) is 30.6. The second kappa shape index (κ2) is 13.5. The molecule has 1 fully saturated rings. The third kappa shape index (κ3) is 5.24. The summed E-state index contributed by atoms with van der Waals surface area (Å²) in [5.41, 5.74) is 13.6. The summed E-state index contributed by atoms with van der Waals surface area (Å²) in [4.78, 5) is 13.5. The molecule has 3 heterocycles. The summed E-state index contributed by atoms with van der Waals surface area (Å²) >= 11 is 0. The number of fused-ring (bicyclic) bond motifs is 12. The average molecular weight is 778 g/mol. The first kappa shape index (κ1) is 34.4. The number of aliphatic imine (C=N–C) groups is 2. The zero-order valence-corrected chi connectivity index (χ0v) is 33.8. The van der Waals surface area contributed by atoms with Crippen LogP contribution in [0.15, 0.2) is 161 Å². The second-order valence-electron chi connectivity index (χ2n) is 17.8. The molecule has 0 spiro atoms. The van der Waals surface area contributed by atoms with Crippen molar-refractivity contribution in [1.82, 2.24) is 14.8 Å². The highest BCUT2D eigenvalue weighted by molar-refractivity contribution is 6.11. The maximum absolute atomic E-state index is 5.49. The molecule has 0 radical (unpaired) electrons. The molecular weight excluding hydrogens is 731 g/mol. The van der Waals surface area contributed by atoms with Gasteiger partial charge in [0.25, 0.3) is 0 Å². The molecule has 2 aliphatic heterocycles. The minimum absolute atomic E-state index is 0.303. The molecule has 0 amide bonds. The van der Waals surface area contributed by atoms with Crippen molar-refractivity contribution in [2.45, 2.75) is 63.6 Å². The molecule has 1 N–H and O–H groups in total. The maximum atomic E-state index is 5.49. The standard InChI is InChI=1S/C55H47N5/c1-2-15-35(16-3-1)53-56-54(48-32-37-17-5-6-18-40(37)42-20-8-9-21-43(42)48)58-55(57-53)60-50-25-13-11-23-45(50)47-31-36-26-28-39(30-38(36)33-51(47)60)59-49-24-12-10-22-44(49)46-29-27-34-14-4-7-19-41(34)52(46)59/h1-6,8-11,14-18,20-23,27-30,32-33,36,45,47,50,54H,7,12-13,19,24-26,31H2,(H,56,57,58). The van der Waals surface area contributed by atoms with Crippen LogP contribution in [0.25, 0.3) is 50.3 Å². The highest BCUT2D eigenvalue weighted by atomic mass is 15.4. The van der Waals surface area contributed by atoms with Gasteiger partial charge in [0.05, 0.1) is 5.52 Å². The predicted molar refractivity (Wildman–Crippen MR) is 249 cm³/mol. The summed E-state index contributed by atoms with van der Waals surface area (Å²) in [5, 5.41) is 10.4. The number of allylic oxidation sites excluding steroid dienone is 9. The van der Waals surface area contributed by atoms with E-state index in [1.165, 1.54) is 77.4 Å². The largest absolute Gasteiger partial charge is 0.330 e. The lowest BCUT2D eigenvalue weighted by Gasteiger charge is -2.36. The molecule has 5 atom stereocenters. The summed E-state index contributed by atoms with van der Waals surface area (Å²) in [5.74, 6) is 3.11. The minimum Gasteiger partial charge on any atom is -0.330 e. The number of amidine groups is 1. The van der Waals surface area contributed by atoms with Crippen LogP contribution in [0, 0.1) is 17.8 Å². The summed E-state index contributed by atoms with van der Waals surface area (Å²) < 4.78 is 2.67. The molecule has 5 unspecified atom stereocenters. The van der Waals surface area contributed by atoms with Gasteiger partial charge in [0.2, 0.25) is 5.96 Å². The molecule has 13 rings (SSSR count). The van der Waals surface area contributed by atoms with E-state index in [1.54, 1.807) is 0 Å². The summed E-state index contributed by atoms with van der Waals surface area (Å²) in [6, 6.07) is 35.6. The van der Waals surface area contributed by atoms with Crippen molar-refractivity contribution in [3.8, 4) is 0 Å². The number of aryl methyl sites for hydroxylation is 1. The van der Waals surface area contributed by atoms with Crippen LogP contribution >= 0.6 is 0 Å². The van der Waals surface area contributed by atoms with Gasteiger partial charge in [0.1, 0.15) is 6.17 Å². The van der Waals surface area contributed by atoms with Crippen LogP contribution in [0.1, 0.15) is 78.2 Å². The number of benzene rings is 5. The van der Waals surface area contributed by atoms with Gasteiger partial charge in [0.15, 0.2) is 5.84 Å². The van der Waals surface area contributed by atoms with E-state index in [4.69, 9.17) is 9.98 Å². The number of likely N-dealkylation sites (tertiary alicyclic amines) is 1. The fourth-order valence-electron chi connectivity index (χ4n) is 11.9. The Bertz CT molecular complexity index is 3060. The van der Waals surface area contributed by atoms with Crippen LogP contribution < -0.4 is 5.32 Å². The summed E-state index contributed by atoms with van der Waals surface area (Å²) in [6.45, 7) is 0. The van der Waals surface area contributed by atoms with Gasteiger partial charge < -0.3 is 14.8 Å². The lowest BCUT2D eigenvalue weighted by atomic mass is 9.72. The SMILES string of the molecule is C1=Cc2ccc3c4c(n(C5=CCC6CC7C(=CC6=C5)N(C5=NC(c6ccccc6)=NC(c6cc8ccccc8c8ccccc68)N5)C5CCC=CC75)c3c2CC1)CCC=C4. The number of nitrogens with zero attached hydrogens (tertiary/aromatic N) is 4. The topological polar surface area (TPSA) is 44.9 Å². The molecule has 6 aromatic rings. The molecule has 5 aliphatic carbocycles. The lowest BCUT2D eigenvalue weighted by molar-refractivity contribution is 0.319. The third-order valence-electron chi connectivity index (χ3n) is 14.6. The van der Waals surface area contributed by atoms with E-state index < -0.39 is 0 Å². The predicted octanol–water partition coefficient (Wildman–Crippen LogP) is 12.3. The molecule has 5 aromatic carbocycles. The smallest absolute Gasteiger partial charge is 0.207 e. The Morgan fingerprint density at radius 1 is 0.733 bits per heavy atom. The van der Waals surface area contributed by atoms with E-state index >= 15 is 0 Å². The first-order chi connectivity index (χ1) is 29.7. The van der Waals surface area contributed by atoms with Crippen molar-refractivity contribution in [2.75, 3.05) is 0 Å². The van der Waals surface area contributed by atoms with Gasteiger partial charge in [-0.2, -0.15) is 4.99 Å². The Labute approximate surface area is 351 Å². The van der Waals surface area contributed by atoms with Gasteiger partial charge in [-0.25, -0.2) is 4.99 Å². The van der Waals surface area contributed by atoms with Crippen LogP contribution in [0.3, 0.4) is 0 Å². The Morgan fingerprint density at radius 2 is 1.57 bits per heavy atom. The number of rotatable bonds is 3. The molecule has 292 valence electrons. The molecule has 7 aliphatic rings. The number of aromatic nitrogens is 1. The van der Waals surface area contributed by atoms with Crippen LogP contribution in [-0.4, -0.2) is 27.3 Å². The van der Waals surface area contributed by atoms with Crippen LogP contribution in [-0.2, 0) is 12.8 Å². The molecule has 1 aromatic heterocycles. The van der Waals surface area contributed by atoms with E-state index in [2.05, 4.69) is 167 Å². The molecule has 5 heteroatoms. The zero-order chi connectivity index (χ0) is 39.3. The number of guanidine groups is 1. The van der Waals surface area contributed by atoms with Crippen molar-refractivity contribution >= 4 is 62.1 Å². The second-order valence-corrected chi connectivity index (χ2v) is 17.8. The highest BCUT2D eigenvalue weighted by Crippen LogP contribution is 2.52. The molecule has 5 nitrogen and oxygen atoms in total. The quantitative estimate of drug-likeness (QED) is 0.144. The van der Waals surface area contributed by atoms with Crippen molar-refractivity contribution in [2.24, 2.45) is 27.7 Å². The highest BCUT2D eigenvalue weighted by Gasteiger charge is 2.49. The van der Waals surface area contributed by atoms with E-state index in [0.717, 1.165) is 68.7 Å². The molecular formula is C55H47N5. The normalized spacial score (nSPS) is 25.0. The van der Waals surface area contributed by atoms with Crippen molar-refractivity contribution in [1.29, 1.82) is 0 Å². The number of hydrogen-bond donors (Lipinski definition) is 1. The Hall–Kier alpha value is -6.46. The van der Waals surface area contributed by atoms with E-state index in [0.29, 0.717) is 23.8 Å². The van der Waals surface area contributed by atoms with E-state index in [-0.39, 0.29) is 6.17 Å². The molecule has 0 bridgehead atoms. The average Bonchev–Trinajstić information content (AvgIpc) is 3.83. The number of nitrogens with one attached hydrogen (secondary N) is 1. The fraction of sp³-hybridized carbons (Fsp3) is 0.236. The van der Waals surface area contributed by atoms with Crippen LogP contribution in [0.2, 0.25) is 0 Å². The molecule has 1 saturated heterocycles. The summed E-state index contributed by atoms with van der Waals surface area (Å²) in [7, 11) is 0. The minimum atomic E-state index is -0.303. The van der Waals surface area contributed by atoms with Gasteiger partial charge >= 0.3 is 0 Å². The van der Waals surface area contributed by atoms with E-state index in [1.807, 2.05) is 0 Å². The van der Waals surface area contributed by atoms with Gasteiger partial charge in [-0.05, 0) is 114 Å². The third-order valence-corrected chi connectivity index (χ3v) is 14.6. The zero-order valence-electron chi connectivity index (χ0n) is 33.8. The van der Waals surface area contributed by atoms with Gasteiger partial charge in [-0.15, -0.1) is 0 Å². The lowest BCUT2D eigenvalue weighted by Crippen LogP contribution is -2.48. The molecule has 60 heavy (non-hydrogen) atoms. The monoisotopic (exact) mass is 777 g/mol. The Morgan fingerprint density at radius 3 is 2.50 bits per heavy atom. The fourth-order valence-corrected chi connectivity index (χ4v) is 11.9. The van der Waals surface area contributed by atoms with Crippen LogP contribution in [0.4, 0.5) is 0 Å². The first-order valence-electron chi connectivity index (χ1n) is 22.3. The van der Waals surface area contributed by atoms with Crippen molar-refractivity contribution < 1.29 is 0 Å². The maximum Gasteiger partial charge on any atom is 0.207 e. The van der Waals surface area contributed by atoms with Gasteiger partial charge in [-0.1, -0.05) is 134 Å². The van der Waals surface area contributed by atoms with Crippen molar-refractivity contribution in [3.63, 3.8) is 0 Å². The van der Waals surface area contributed by atoms with Gasteiger partial charge in [0, 0.05) is 57.0 Å². The van der Waals surface area contributed by atoms with Gasteiger partial charge in [-0.3, -0.25) is 0 Å². The Balaban J connectivity index is 0.954. The number of hydrogen-bond acceptors (Lipinski definition) is 4. The first-order valence-corrected chi connectivity index (χ1v) is 22.3. The van der Waals surface area contributed by atoms with Crippen LogP contribution in [0.5, 0.6) is 0 Å².